The van der Waals surface area contributed by atoms with Crippen molar-refractivity contribution >= 4 is 15.9 Å². The normalized spacial score (nSPS) is 35.8. The van der Waals surface area contributed by atoms with Gasteiger partial charge in [-0.25, -0.2) is 4.39 Å². The van der Waals surface area contributed by atoms with E-state index in [1.165, 1.54) is 11.1 Å². The van der Waals surface area contributed by atoms with Gasteiger partial charge < -0.3 is 4.74 Å². The van der Waals surface area contributed by atoms with Crippen LogP contribution in [-0.4, -0.2) is 18.0 Å². The Balaban J connectivity index is 2.19. The number of hydrogen-bond acceptors (Lipinski definition) is 1. The lowest BCUT2D eigenvalue weighted by Gasteiger charge is -2.30. The van der Waals surface area contributed by atoms with Gasteiger partial charge in [-0.05, 0) is 17.2 Å². The van der Waals surface area contributed by atoms with Gasteiger partial charge in [-0.3, -0.25) is 0 Å². The summed E-state index contributed by atoms with van der Waals surface area (Å²) >= 11 is 3.43. The Labute approximate surface area is 102 Å². The Hall–Kier alpha value is -0.670. The van der Waals surface area contributed by atoms with Crippen molar-refractivity contribution in [1.29, 1.82) is 0 Å². The summed E-state index contributed by atoms with van der Waals surface area (Å²) in [6.45, 7) is 0. The molecule has 1 nitrogen and oxygen atoms in total. The molecule has 0 unspecified atom stereocenters. The number of alkyl halides is 1. The monoisotopic (exact) mass is 282 g/mol. The highest BCUT2D eigenvalue weighted by Crippen LogP contribution is 2.53. The predicted molar refractivity (Wildman–Crippen MR) is 64.6 cm³/mol. The lowest BCUT2D eigenvalue weighted by molar-refractivity contribution is 0.0729. The second-order valence-corrected chi connectivity index (χ2v) is 5.32. The van der Waals surface area contributed by atoms with Gasteiger partial charge in [0.05, 0.1) is 10.9 Å². The average Bonchev–Trinajstić information content (AvgIpc) is 2.56. The Morgan fingerprint density at radius 2 is 1.94 bits per heavy atom. The summed E-state index contributed by atoms with van der Waals surface area (Å²) in [5.74, 6) is 0.0932. The van der Waals surface area contributed by atoms with Crippen molar-refractivity contribution in [1.82, 2.24) is 0 Å². The van der Waals surface area contributed by atoms with E-state index in [-0.39, 0.29) is 28.6 Å². The van der Waals surface area contributed by atoms with E-state index in [9.17, 15) is 4.39 Å². The molecule has 2 aliphatic rings. The molecule has 1 aromatic rings. The molecular formula is C13H12BrFO. The second kappa shape index (κ2) is 3.67. The average molecular weight is 283 g/mol. The van der Waals surface area contributed by atoms with Crippen LogP contribution in [0, 0.1) is 0 Å². The molecule has 2 bridgehead atoms. The molecule has 0 N–H and O–H groups in total. The van der Waals surface area contributed by atoms with Gasteiger partial charge in [0, 0.05) is 18.9 Å². The second-order valence-electron chi connectivity index (χ2n) is 4.33. The molecule has 84 valence electrons. The number of halogens is 2. The molecule has 3 rings (SSSR count). The van der Waals surface area contributed by atoms with E-state index in [1.807, 2.05) is 12.1 Å². The number of benzene rings is 1. The summed E-state index contributed by atoms with van der Waals surface area (Å²) in [5, 5.41) is 0. The molecule has 0 saturated heterocycles. The molecule has 0 radical (unpaired) electrons. The fourth-order valence-electron chi connectivity index (χ4n) is 2.93. The molecule has 0 spiro atoms. The number of allylic oxidation sites excluding steroid dienone is 1. The smallest absolute Gasteiger partial charge is 0.111 e. The van der Waals surface area contributed by atoms with E-state index in [0.29, 0.717) is 0 Å². The van der Waals surface area contributed by atoms with Gasteiger partial charge in [0.15, 0.2) is 0 Å². The highest BCUT2D eigenvalue weighted by Gasteiger charge is 2.47. The lowest BCUT2D eigenvalue weighted by Crippen LogP contribution is -2.30. The van der Waals surface area contributed by atoms with Crippen LogP contribution in [-0.2, 0) is 4.74 Å². The zero-order valence-corrected chi connectivity index (χ0v) is 10.4. The fraction of sp³-hybridized carbons (Fsp3) is 0.385. The summed E-state index contributed by atoms with van der Waals surface area (Å²) in [6.07, 6.45) is 1.75. The number of ether oxygens (including phenoxy) is 1. The van der Waals surface area contributed by atoms with Crippen molar-refractivity contribution in [3.8, 4) is 0 Å². The maximum absolute atomic E-state index is 13.8. The molecular weight excluding hydrogens is 271 g/mol. The molecule has 0 aliphatic heterocycles. The van der Waals surface area contributed by atoms with Gasteiger partial charge in [0.25, 0.3) is 0 Å². The molecule has 0 heterocycles. The van der Waals surface area contributed by atoms with E-state index in [0.717, 1.165) is 0 Å². The standard InChI is InChI=1S/C13H12BrFO/c1-16-13-9-6-10(15)12(14)11(13)8-5-3-2-4-7(8)9/h2-6,9,11-13H,1H3/t9-,11-,12-,13-/m0/s1. The molecule has 1 aromatic carbocycles. The number of methoxy groups -OCH3 is 1. The van der Waals surface area contributed by atoms with Crippen LogP contribution in [0.3, 0.4) is 0 Å². The van der Waals surface area contributed by atoms with Crippen LogP contribution in [0.25, 0.3) is 0 Å². The number of rotatable bonds is 1. The lowest BCUT2D eigenvalue weighted by atomic mass is 9.88. The Kier molecular flexibility index (Phi) is 2.41. The number of fused-ring (bicyclic) bond motifs is 5. The molecule has 0 fully saturated rings. The van der Waals surface area contributed by atoms with Gasteiger partial charge in [0.1, 0.15) is 5.83 Å². The van der Waals surface area contributed by atoms with E-state index in [1.54, 1.807) is 13.2 Å². The summed E-state index contributed by atoms with van der Waals surface area (Å²) in [4.78, 5) is -0.252. The fourth-order valence-corrected chi connectivity index (χ4v) is 3.67. The van der Waals surface area contributed by atoms with Crippen molar-refractivity contribution < 1.29 is 9.13 Å². The summed E-state index contributed by atoms with van der Waals surface area (Å²) in [7, 11) is 1.70. The Bertz CT molecular complexity index is 457. The van der Waals surface area contributed by atoms with Crippen LogP contribution in [0.5, 0.6) is 0 Å². The third-order valence-corrected chi connectivity index (χ3v) is 4.62. The maximum Gasteiger partial charge on any atom is 0.111 e. The highest BCUT2D eigenvalue weighted by molar-refractivity contribution is 9.09. The predicted octanol–water partition coefficient (Wildman–Crippen LogP) is 3.51. The van der Waals surface area contributed by atoms with Gasteiger partial charge in [-0.1, -0.05) is 40.2 Å². The zero-order valence-electron chi connectivity index (χ0n) is 8.86. The van der Waals surface area contributed by atoms with Gasteiger partial charge in [0.2, 0.25) is 0 Å². The topological polar surface area (TPSA) is 9.23 Å². The molecule has 0 amide bonds. The third-order valence-electron chi connectivity index (χ3n) is 3.61. The van der Waals surface area contributed by atoms with Crippen LogP contribution in [0.2, 0.25) is 0 Å². The highest BCUT2D eigenvalue weighted by atomic mass is 79.9. The van der Waals surface area contributed by atoms with Crippen molar-refractivity contribution in [2.75, 3.05) is 7.11 Å². The van der Waals surface area contributed by atoms with Gasteiger partial charge in [-0.2, -0.15) is 0 Å². The first-order valence-corrected chi connectivity index (χ1v) is 6.28. The summed E-state index contributed by atoms with van der Waals surface area (Å²) < 4.78 is 19.3. The van der Waals surface area contributed by atoms with Gasteiger partial charge in [-0.15, -0.1) is 0 Å². The first kappa shape index (κ1) is 10.5. The molecule has 2 aliphatic carbocycles. The van der Waals surface area contributed by atoms with Crippen molar-refractivity contribution in [2.45, 2.75) is 22.8 Å². The van der Waals surface area contributed by atoms with E-state index in [4.69, 9.17) is 4.74 Å². The molecule has 0 aromatic heterocycles. The minimum Gasteiger partial charge on any atom is -0.380 e. The molecule has 4 atom stereocenters. The van der Waals surface area contributed by atoms with Crippen LogP contribution in [0.1, 0.15) is 23.0 Å². The van der Waals surface area contributed by atoms with Crippen LogP contribution in [0.15, 0.2) is 36.2 Å². The molecule has 0 saturated carbocycles. The SMILES string of the molecule is CO[C@@H]1[C@H]2c3ccccc3[C@@H]1C=C(F)[C@@H]2Br. The summed E-state index contributed by atoms with van der Waals surface area (Å²) in [5.41, 5.74) is 2.42. The van der Waals surface area contributed by atoms with Gasteiger partial charge >= 0.3 is 0 Å². The van der Waals surface area contributed by atoms with Crippen molar-refractivity contribution in [2.24, 2.45) is 0 Å². The Morgan fingerprint density at radius 1 is 1.25 bits per heavy atom. The first-order valence-electron chi connectivity index (χ1n) is 5.37. The summed E-state index contributed by atoms with van der Waals surface area (Å²) in [6, 6.07) is 8.15. The molecule has 3 heteroatoms. The molecule has 16 heavy (non-hydrogen) atoms. The van der Waals surface area contributed by atoms with E-state index < -0.39 is 0 Å². The van der Waals surface area contributed by atoms with Crippen LogP contribution < -0.4 is 0 Å². The largest absolute Gasteiger partial charge is 0.380 e. The third kappa shape index (κ3) is 1.25. The minimum absolute atomic E-state index is 0.0567. The quantitative estimate of drug-likeness (QED) is 0.717. The van der Waals surface area contributed by atoms with E-state index in [2.05, 4.69) is 28.1 Å². The Morgan fingerprint density at radius 3 is 2.62 bits per heavy atom. The number of hydrogen-bond donors (Lipinski definition) is 0. The van der Waals surface area contributed by atoms with E-state index >= 15 is 0 Å². The van der Waals surface area contributed by atoms with Crippen LogP contribution >= 0.6 is 15.9 Å². The van der Waals surface area contributed by atoms with Crippen molar-refractivity contribution in [3.05, 3.63) is 47.3 Å². The minimum atomic E-state index is -0.252. The maximum atomic E-state index is 13.8. The first-order chi connectivity index (χ1) is 7.74. The van der Waals surface area contributed by atoms with Crippen molar-refractivity contribution in [3.63, 3.8) is 0 Å². The van der Waals surface area contributed by atoms with Crippen LogP contribution in [0.4, 0.5) is 4.39 Å². The zero-order chi connectivity index (χ0) is 11.3.